The SMILES string of the molecule is CCNC(=NCC1(C)COC1)NC1CC(C)N(C2CC2)C1.I. The number of nitrogens with one attached hydrogen (secondary N) is 2. The summed E-state index contributed by atoms with van der Waals surface area (Å²) >= 11 is 0. The summed E-state index contributed by atoms with van der Waals surface area (Å²) in [6, 6.07) is 2.09. The van der Waals surface area contributed by atoms with Crippen LogP contribution in [0.2, 0.25) is 0 Å². The molecule has 1 aliphatic carbocycles. The highest BCUT2D eigenvalue weighted by Crippen LogP contribution is 2.33. The van der Waals surface area contributed by atoms with E-state index in [0.717, 1.165) is 44.8 Å². The molecule has 2 saturated heterocycles. The molecular weight excluding hydrogens is 391 g/mol. The molecule has 0 aromatic carbocycles. The van der Waals surface area contributed by atoms with E-state index in [4.69, 9.17) is 9.73 Å². The van der Waals surface area contributed by atoms with Gasteiger partial charge < -0.3 is 15.4 Å². The number of halogens is 1. The van der Waals surface area contributed by atoms with Gasteiger partial charge in [-0.15, -0.1) is 24.0 Å². The first-order valence-corrected chi connectivity index (χ1v) is 8.48. The molecule has 2 atom stereocenters. The fourth-order valence-electron chi connectivity index (χ4n) is 3.40. The first kappa shape index (κ1) is 18.3. The Morgan fingerprint density at radius 3 is 2.64 bits per heavy atom. The van der Waals surface area contributed by atoms with Crippen LogP contribution < -0.4 is 10.6 Å². The fraction of sp³-hybridized carbons (Fsp3) is 0.938. The number of hydrogen-bond donors (Lipinski definition) is 2. The van der Waals surface area contributed by atoms with Crippen molar-refractivity contribution in [3.63, 3.8) is 0 Å². The van der Waals surface area contributed by atoms with Gasteiger partial charge in [-0.1, -0.05) is 6.92 Å². The van der Waals surface area contributed by atoms with Crippen LogP contribution in [0.4, 0.5) is 0 Å². The normalized spacial score (nSPS) is 31.3. The Balaban J connectivity index is 0.00000176. The van der Waals surface area contributed by atoms with Crippen molar-refractivity contribution in [3.05, 3.63) is 0 Å². The number of guanidine groups is 1. The number of hydrogen-bond acceptors (Lipinski definition) is 3. The largest absolute Gasteiger partial charge is 0.380 e. The predicted molar refractivity (Wildman–Crippen MR) is 101 cm³/mol. The number of nitrogens with zero attached hydrogens (tertiary/aromatic N) is 2. The molecule has 0 amide bonds. The lowest BCUT2D eigenvalue weighted by atomic mass is 9.89. The molecule has 128 valence electrons. The molecule has 2 heterocycles. The molecule has 1 saturated carbocycles. The topological polar surface area (TPSA) is 48.9 Å². The molecule has 0 bridgehead atoms. The van der Waals surface area contributed by atoms with Gasteiger partial charge in [0.15, 0.2) is 5.96 Å². The Morgan fingerprint density at radius 1 is 1.36 bits per heavy atom. The lowest BCUT2D eigenvalue weighted by molar-refractivity contribution is -0.0945. The highest BCUT2D eigenvalue weighted by atomic mass is 127. The summed E-state index contributed by atoms with van der Waals surface area (Å²) in [6.45, 7) is 11.3. The summed E-state index contributed by atoms with van der Waals surface area (Å²) in [7, 11) is 0. The van der Waals surface area contributed by atoms with Gasteiger partial charge in [0.25, 0.3) is 0 Å². The van der Waals surface area contributed by atoms with Crippen molar-refractivity contribution in [1.29, 1.82) is 0 Å². The first-order valence-electron chi connectivity index (χ1n) is 8.48. The van der Waals surface area contributed by atoms with Crippen molar-refractivity contribution in [3.8, 4) is 0 Å². The van der Waals surface area contributed by atoms with Crippen LogP contribution in [-0.4, -0.2) is 61.8 Å². The van der Waals surface area contributed by atoms with E-state index in [0.29, 0.717) is 12.1 Å². The minimum absolute atomic E-state index is 0. The molecule has 5 nitrogen and oxygen atoms in total. The van der Waals surface area contributed by atoms with Gasteiger partial charge in [-0.25, -0.2) is 0 Å². The number of rotatable bonds is 5. The van der Waals surface area contributed by atoms with Crippen LogP contribution in [0.15, 0.2) is 4.99 Å². The molecular formula is C16H31IN4O. The van der Waals surface area contributed by atoms with E-state index < -0.39 is 0 Å². The summed E-state index contributed by atoms with van der Waals surface area (Å²) < 4.78 is 5.31. The standard InChI is InChI=1S/C16H30N4O.HI/c1-4-17-15(18-9-16(3)10-21-11-16)19-13-7-12(2)20(8-13)14-5-6-14;/h12-14H,4-11H2,1-3H3,(H2,17,18,19);1H. The van der Waals surface area contributed by atoms with E-state index in [1.165, 1.54) is 19.3 Å². The highest BCUT2D eigenvalue weighted by Gasteiger charge is 2.39. The van der Waals surface area contributed by atoms with Gasteiger partial charge >= 0.3 is 0 Å². The maximum absolute atomic E-state index is 5.31. The van der Waals surface area contributed by atoms with E-state index in [-0.39, 0.29) is 29.4 Å². The van der Waals surface area contributed by atoms with Crippen molar-refractivity contribution in [1.82, 2.24) is 15.5 Å². The van der Waals surface area contributed by atoms with Crippen LogP contribution in [0.3, 0.4) is 0 Å². The third kappa shape index (κ3) is 4.47. The van der Waals surface area contributed by atoms with Crippen LogP contribution >= 0.6 is 24.0 Å². The Kier molecular flexibility index (Phi) is 6.36. The summed E-state index contributed by atoms with van der Waals surface area (Å²) in [6.07, 6.45) is 4.01. The van der Waals surface area contributed by atoms with E-state index in [2.05, 4.69) is 36.3 Å². The molecule has 3 rings (SSSR count). The molecule has 3 aliphatic rings. The predicted octanol–water partition coefficient (Wildman–Crippen LogP) is 1.82. The Bertz CT molecular complexity index is 396. The zero-order valence-electron chi connectivity index (χ0n) is 14.1. The maximum atomic E-state index is 5.31. The van der Waals surface area contributed by atoms with E-state index in [1.54, 1.807) is 0 Å². The van der Waals surface area contributed by atoms with Gasteiger partial charge in [-0.2, -0.15) is 0 Å². The van der Waals surface area contributed by atoms with E-state index >= 15 is 0 Å². The molecule has 22 heavy (non-hydrogen) atoms. The van der Waals surface area contributed by atoms with Gasteiger partial charge in [0.05, 0.1) is 19.8 Å². The van der Waals surface area contributed by atoms with Crippen LogP contribution in [-0.2, 0) is 4.74 Å². The maximum Gasteiger partial charge on any atom is 0.191 e. The second-order valence-corrected chi connectivity index (χ2v) is 7.35. The molecule has 0 aromatic rings. The minimum atomic E-state index is 0. The molecule has 0 spiro atoms. The van der Waals surface area contributed by atoms with Crippen LogP contribution in [0.1, 0.15) is 40.0 Å². The van der Waals surface area contributed by atoms with Crippen LogP contribution in [0, 0.1) is 5.41 Å². The molecule has 6 heteroatoms. The molecule has 3 fully saturated rings. The minimum Gasteiger partial charge on any atom is -0.380 e. The molecule has 2 N–H and O–H groups in total. The van der Waals surface area contributed by atoms with Crippen molar-refractivity contribution in [2.24, 2.45) is 10.4 Å². The number of aliphatic imine (C=N–C) groups is 1. The van der Waals surface area contributed by atoms with Crippen molar-refractivity contribution in [2.45, 2.75) is 58.2 Å². The zero-order valence-corrected chi connectivity index (χ0v) is 16.4. The second kappa shape index (κ2) is 7.66. The Labute approximate surface area is 151 Å². The zero-order chi connectivity index (χ0) is 14.9. The van der Waals surface area contributed by atoms with Crippen LogP contribution in [0.25, 0.3) is 0 Å². The lowest BCUT2D eigenvalue weighted by Crippen LogP contribution is -2.47. The van der Waals surface area contributed by atoms with Gasteiger partial charge in [0, 0.05) is 36.6 Å². The van der Waals surface area contributed by atoms with Crippen LogP contribution in [0.5, 0.6) is 0 Å². The highest BCUT2D eigenvalue weighted by molar-refractivity contribution is 14.0. The van der Waals surface area contributed by atoms with Gasteiger partial charge in [-0.05, 0) is 33.1 Å². The quantitative estimate of drug-likeness (QED) is 0.403. The number of likely N-dealkylation sites (tertiary alicyclic amines) is 1. The summed E-state index contributed by atoms with van der Waals surface area (Å²) in [5.41, 5.74) is 0.241. The van der Waals surface area contributed by atoms with Crippen molar-refractivity contribution in [2.75, 3.05) is 32.8 Å². The fourth-order valence-corrected chi connectivity index (χ4v) is 3.40. The third-order valence-electron chi connectivity index (χ3n) is 4.84. The van der Waals surface area contributed by atoms with Gasteiger partial charge in [-0.3, -0.25) is 9.89 Å². The van der Waals surface area contributed by atoms with Crippen molar-refractivity contribution >= 4 is 29.9 Å². The van der Waals surface area contributed by atoms with Gasteiger partial charge in [0.1, 0.15) is 0 Å². The smallest absolute Gasteiger partial charge is 0.191 e. The third-order valence-corrected chi connectivity index (χ3v) is 4.84. The Hall–Kier alpha value is -0.0800. The molecule has 2 unspecified atom stereocenters. The summed E-state index contributed by atoms with van der Waals surface area (Å²) in [5.74, 6) is 0.973. The Morgan fingerprint density at radius 2 is 2.09 bits per heavy atom. The lowest BCUT2D eigenvalue weighted by Gasteiger charge is -2.36. The first-order chi connectivity index (χ1) is 10.1. The molecule has 2 aliphatic heterocycles. The second-order valence-electron chi connectivity index (χ2n) is 7.35. The van der Waals surface area contributed by atoms with Crippen molar-refractivity contribution < 1.29 is 4.74 Å². The monoisotopic (exact) mass is 422 g/mol. The van der Waals surface area contributed by atoms with Gasteiger partial charge in [0.2, 0.25) is 0 Å². The molecule has 0 aromatic heterocycles. The average Bonchev–Trinajstić information content (AvgIpc) is 3.19. The van der Waals surface area contributed by atoms with E-state index in [9.17, 15) is 0 Å². The van der Waals surface area contributed by atoms with E-state index in [1.807, 2.05) is 0 Å². The molecule has 0 radical (unpaired) electrons. The average molecular weight is 422 g/mol. The summed E-state index contributed by atoms with van der Waals surface area (Å²) in [5, 5.41) is 7.02. The number of ether oxygens (including phenoxy) is 1. The summed E-state index contributed by atoms with van der Waals surface area (Å²) in [4.78, 5) is 7.45.